The number of aromatic nitrogens is 2. The Bertz CT molecular complexity index is 361. The van der Waals surface area contributed by atoms with E-state index in [1.165, 1.54) is 12.4 Å². The van der Waals surface area contributed by atoms with Crippen LogP contribution in [0.15, 0.2) is 12.4 Å². The van der Waals surface area contributed by atoms with Gasteiger partial charge in [0, 0.05) is 12.7 Å². The van der Waals surface area contributed by atoms with E-state index in [0.717, 1.165) is 5.69 Å². The summed E-state index contributed by atoms with van der Waals surface area (Å²) in [6.45, 7) is 1.85. The normalized spacial score (nSPS) is 9.67. The van der Waals surface area contributed by atoms with Crippen LogP contribution in [0, 0.1) is 6.92 Å². The lowest BCUT2D eigenvalue weighted by Crippen LogP contribution is -2.26. The van der Waals surface area contributed by atoms with Crippen LogP contribution in [0.2, 0.25) is 0 Å². The number of hydrogen-bond acceptors (Lipinski definition) is 4. The fraction of sp³-hybridized carbons (Fsp3) is 0.333. The minimum Gasteiger partial charge on any atom is -0.481 e. The van der Waals surface area contributed by atoms with Gasteiger partial charge in [-0.15, -0.1) is 0 Å². The Morgan fingerprint density at radius 3 is 2.67 bits per heavy atom. The quantitative estimate of drug-likeness (QED) is 0.727. The van der Waals surface area contributed by atoms with Crippen molar-refractivity contribution in [3.63, 3.8) is 0 Å². The molecule has 1 heterocycles. The Kier molecular flexibility index (Phi) is 3.73. The van der Waals surface area contributed by atoms with Crippen LogP contribution in [0.5, 0.6) is 0 Å². The maximum Gasteiger partial charge on any atom is 0.305 e. The van der Waals surface area contributed by atoms with Gasteiger partial charge in [-0.3, -0.25) is 14.6 Å². The predicted molar refractivity (Wildman–Crippen MR) is 51.4 cm³/mol. The van der Waals surface area contributed by atoms with Crippen molar-refractivity contribution in [1.29, 1.82) is 0 Å². The first-order chi connectivity index (χ1) is 7.09. The molecule has 0 unspecified atom stereocenters. The molecular weight excluding hydrogens is 198 g/mol. The first-order valence-corrected chi connectivity index (χ1v) is 4.38. The molecule has 6 nitrogen and oxygen atoms in total. The minimum atomic E-state index is -0.953. The number of nitrogens with zero attached hydrogens (tertiary/aromatic N) is 2. The van der Waals surface area contributed by atoms with Gasteiger partial charge in [-0.25, -0.2) is 4.98 Å². The highest BCUT2D eigenvalue weighted by Crippen LogP contribution is 1.93. The molecule has 0 radical (unpaired) electrons. The monoisotopic (exact) mass is 209 g/mol. The van der Waals surface area contributed by atoms with Gasteiger partial charge in [0.05, 0.1) is 18.3 Å². The molecule has 1 rings (SSSR count). The zero-order valence-electron chi connectivity index (χ0n) is 8.23. The lowest BCUT2D eigenvalue weighted by Gasteiger charge is -2.01. The third-order valence-corrected chi connectivity index (χ3v) is 1.64. The molecule has 1 aromatic rings. The Hall–Kier alpha value is -1.98. The Morgan fingerprint density at radius 2 is 2.13 bits per heavy atom. The van der Waals surface area contributed by atoms with Gasteiger partial charge in [0.2, 0.25) is 0 Å². The second kappa shape index (κ2) is 5.04. The van der Waals surface area contributed by atoms with Crippen molar-refractivity contribution in [2.75, 3.05) is 6.54 Å². The maximum atomic E-state index is 11.3. The molecule has 0 fully saturated rings. The number of carbonyl (C=O) groups excluding carboxylic acids is 1. The van der Waals surface area contributed by atoms with Crippen molar-refractivity contribution >= 4 is 11.9 Å². The van der Waals surface area contributed by atoms with Crippen molar-refractivity contribution in [1.82, 2.24) is 15.3 Å². The highest BCUT2D eigenvalue weighted by Gasteiger charge is 2.07. The SMILES string of the molecule is Cc1cnc(C(=O)NCCC(=O)O)cn1. The van der Waals surface area contributed by atoms with Crippen LogP contribution in [0.4, 0.5) is 0 Å². The first kappa shape index (κ1) is 11.1. The van der Waals surface area contributed by atoms with Crippen LogP contribution in [0.1, 0.15) is 22.6 Å². The Morgan fingerprint density at radius 1 is 1.40 bits per heavy atom. The largest absolute Gasteiger partial charge is 0.481 e. The van der Waals surface area contributed by atoms with E-state index in [2.05, 4.69) is 15.3 Å². The summed E-state index contributed by atoms with van der Waals surface area (Å²) >= 11 is 0. The smallest absolute Gasteiger partial charge is 0.305 e. The first-order valence-electron chi connectivity index (χ1n) is 4.38. The number of amides is 1. The highest BCUT2D eigenvalue weighted by atomic mass is 16.4. The van der Waals surface area contributed by atoms with Gasteiger partial charge in [0.25, 0.3) is 5.91 Å². The van der Waals surface area contributed by atoms with E-state index in [4.69, 9.17) is 5.11 Å². The van der Waals surface area contributed by atoms with Crippen molar-refractivity contribution in [2.24, 2.45) is 0 Å². The van der Waals surface area contributed by atoms with Crippen molar-refractivity contribution in [3.8, 4) is 0 Å². The number of carboxylic acids is 1. The molecule has 0 aromatic carbocycles. The van der Waals surface area contributed by atoms with Gasteiger partial charge in [0.1, 0.15) is 5.69 Å². The molecule has 80 valence electrons. The molecule has 0 aliphatic heterocycles. The molecule has 6 heteroatoms. The van der Waals surface area contributed by atoms with Crippen LogP contribution in [-0.2, 0) is 4.79 Å². The van der Waals surface area contributed by atoms with Crippen LogP contribution >= 0.6 is 0 Å². The van der Waals surface area contributed by atoms with E-state index < -0.39 is 11.9 Å². The zero-order chi connectivity index (χ0) is 11.3. The van der Waals surface area contributed by atoms with Gasteiger partial charge in [-0.2, -0.15) is 0 Å². The van der Waals surface area contributed by atoms with Crippen molar-refractivity contribution in [3.05, 3.63) is 23.8 Å². The standard InChI is InChI=1S/C9H11N3O3/c1-6-4-12-7(5-11-6)9(15)10-3-2-8(13)14/h4-5H,2-3H2,1H3,(H,10,15)(H,13,14). The summed E-state index contributed by atoms with van der Waals surface area (Å²) in [6.07, 6.45) is 2.72. The Labute approximate surface area is 86.4 Å². The average molecular weight is 209 g/mol. The maximum absolute atomic E-state index is 11.3. The molecule has 0 atom stereocenters. The third-order valence-electron chi connectivity index (χ3n) is 1.64. The van der Waals surface area contributed by atoms with E-state index in [1.54, 1.807) is 6.92 Å². The number of aliphatic carboxylic acids is 1. The zero-order valence-corrected chi connectivity index (χ0v) is 8.23. The summed E-state index contributed by atoms with van der Waals surface area (Å²) in [6, 6.07) is 0. The highest BCUT2D eigenvalue weighted by molar-refractivity contribution is 5.92. The molecule has 15 heavy (non-hydrogen) atoms. The topological polar surface area (TPSA) is 92.2 Å². The van der Waals surface area contributed by atoms with Gasteiger partial charge in [-0.1, -0.05) is 0 Å². The summed E-state index contributed by atoms with van der Waals surface area (Å²) in [5.74, 6) is -1.37. The number of carbonyl (C=O) groups is 2. The molecule has 0 saturated heterocycles. The number of nitrogens with one attached hydrogen (secondary N) is 1. The summed E-state index contributed by atoms with van der Waals surface area (Å²) in [5, 5.41) is 10.8. The summed E-state index contributed by atoms with van der Waals surface area (Å²) < 4.78 is 0. The number of hydrogen-bond donors (Lipinski definition) is 2. The van der Waals surface area contributed by atoms with Crippen LogP contribution < -0.4 is 5.32 Å². The number of carboxylic acid groups (broad SMARTS) is 1. The molecule has 0 saturated carbocycles. The van der Waals surface area contributed by atoms with Crippen LogP contribution in [0.25, 0.3) is 0 Å². The van der Waals surface area contributed by atoms with Crippen molar-refractivity contribution in [2.45, 2.75) is 13.3 Å². The van der Waals surface area contributed by atoms with Gasteiger partial charge in [-0.05, 0) is 6.92 Å². The second-order valence-corrected chi connectivity index (χ2v) is 2.94. The molecular formula is C9H11N3O3. The van der Waals surface area contributed by atoms with Gasteiger partial charge in [0.15, 0.2) is 0 Å². The summed E-state index contributed by atoms with van der Waals surface area (Å²) in [4.78, 5) is 29.3. The number of rotatable bonds is 4. The van der Waals surface area contributed by atoms with Crippen LogP contribution in [0.3, 0.4) is 0 Å². The number of aryl methyl sites for hydroxylation is 1. The van der Waals surface area contributed by atoms with Gasteiger partial charge >= 0.3 is 5.97 Å². The molecule has 0 spiro atoms. The molecule has 1 amide bonds. The molecule has 1 aromatic heterocycles. The van der Waals surface area contributed by atoms with E-state index in [1.807, 2.05) is 0 Å². The van der Waals surface area contributed by atoms with E-state index in [9.17, 15) is 9.59 Å². The predicted octanol–water partition coefficient (Wildman–Crippen LogP) is -0.0105. The lowest BCUT2D eigenvalue weighted by molar-refractivity contribution is -0.136. The van der Waals surface area contributed by atoms with E-state index in [-0.39, 0.29) is 18.7 Å². The second-order valence-electron chi connectivity index (χ2n) is 2.94. The summed E-state index contributed by atoms with van der Waals surface area (Å²) in [5.41, 5.74) is 0.906. The lowest BCUT2D eigenvalue weighted by atomic mass is 10.3. The van der Waals surface area contributed by atoms with Crippen LogP contribution in [-0.4, -0.2) is 33.5 Å². The molecule has 0 bridgehead atoms. The van der Waals surface area contributed by atoms with E-state index in [0.29, 0.717) is 0 Å². The Balaban J connectivity index is 2.47. The fourth-order valence-electron chi connectivity index (χ4n) is 0.883. The summed E-state index contributed by atoms with van der Waals surface area (Å²) in [7, 11) is 0. The average Bonchev–Trinajstić information content (AvgIpc) is 2.18. The van der Waals surface area contributed by atoms with Gasteiger partial charge < -0.3 is 10.4 Å². The molecule has 0 aliphatic carbocycles. The fourth-order valence-corrected chi connectivity index (χ4v) is 0.883. The molecule has 2 N–H and O–H groups in total. The minimum absolute atomic E-state index is 0.0870. The van der Waals surface area contributed by atoms with E-state index >= 15 is 0 Å². The molecule has 0 aliphatic rings. The van der Waals surface area contributed by atoms with Crippen molar-refractivity contribution < 1.29 is 14.7 Å². The third kappa shape index (κ3) is 3.72.